The summed E-state index contributed by atoms with van der Waals surface area (Å²) in [6.07, 6.45) is 6.74. The quantitative estimate of drug-likeness (QED) is 0.666. The van der Waals surface area contributed by atoms with Crippen LogP contribution in [0.5, 0.6) is 0 Å². The van der Waals surface area contributed by atoms with Gasteiger partial charge in [0.25, 0.3) is 16.5 Å². The highest BCUT2D eigenvalue weighted by Gasteiger charge is 2.28. The van der Waals surface area contributed by atoms with Crippen molar-refractivity contribution in [2.75, 3.05) is 0 Å². The summed E-state index contributed by atoms with van der Waals surface area (Å²) in [5, 5.41) is 0. The lowest BCUT2D eigenvalue weighted by atomic mass is 11.0. The molecule has 0 aliphatic rings. The van der Waals surface area contributed by atoms with Crippen LogP contribution in [0, 0.1) is 0 Å². The molecule has 0 aromatic carbocycles. The Morgan fingerprint density at radius 2 is 1.54 bits per heavy atom. The van der Waals surface area contributed by atoms with Crippen LogP contribution in [0.4, 0.5) is 0 Å². The molecule has 0 radical (unpaired) electrons. The highest BCUT2D eigenvalue weighted by molar-refractivity contribution is 6.74. The van der Waals surface area contributed by atoms with Gasteiger partial charge in [-0.15, -0.1) is 0 Å². The zero-order valence-electron chi connectivity index (χ0n) is 9.63. The van der Waals surface area contributed by atoms with E-state index in [4.69, 9.17) is 0 Å². The molecule has 74 valence electrons. The van der Waals surface area contributed by atoms with Crippen LogP contribution in [-0.4, -0.2) is 20.7 Å². The van der Waals surface area contributed by atoms with E-state index in [2.05, 4.69) is 66.5 Å². The third-order valence-corrected chi connectivity index (χ3v) is 5.81. The number of rotatable bonds is 2. The van der Waals surface area contributed by atoms with Crippen molar-refractivity contribution < 1.29 is 4.23 Å². The van der Waals surface area contributed by atoms with Crippen LogP contribution in [0.2, 0.25) is 39.3 Å². The summed E-state index contributed by atoms with van der Waals surface area (Å²) in [6, 6.07) is 0. The Balaban J connectivity index is 3.01. The van der Waals surface area contributed by atoms with Gasteiger partial charge in [-0.1, -0.05) is 0 Å². The molecule has 0 saturated carbocycles. The summed E-state index contributed by atoms with van der Waals surface area (Å²) in [5.74, 6) is 0. The number of aromatic nitrogens is 2. The van der Waals surface area contributed by atoms with E-state index in [-0.39, 0.29) is 0 Å². The molecular formula is C9H21N2Si2+. The van der Waals surface area contributed by atoms with E-state index >= 15 is 0 Å². The lowest BCUT2D eigenvalue weighted by Crippen LogP contribution is -2.57. The molecule has 0 aliphatic heterocycles. The molecule has 1 aromatic rings. The number of hydrogen-bond donors (Lipinski definition) is 0. The van der Waals surface area contributed by atoms with E-state index in [1.165, 1.54) is 0 Å². The Morgan fingerprint density at radius 1 is 1.00 bits per heavy atom. The first kappa shape index (κ1) is 10.7. The van der Waals surface area contributed by atoms with Crippen LogP contribution >= 0.6 is 0 Å². The minimum Gasteiger partial charge on any atom is -0.289 e. The van der Waals surface area contributed by atoms with Crippen LogP contribution in [0.3, 0.4) is 0 Å². The molecule has 2 nitrogen and oxygen atoms in total. The molecule has 1 aromatic heterocycles. The number of imidazole rings is 1. The van der Waals surface area contributed by atoms with E-state index in [1.54, 1.807) is 0 Å². The van der Waals surface area contributed by atoms with E-state index in [9.17, 15) is 0 Å². The van der Waals surface area contributed by atoms with E-state index in [0.29, 0.717) is 0 Å². The first-order valence-electron chi connectivity index (χ1n) is 4.81. The van der Waals surface area contributed by atoms with Crippen LogP contribution in [0.1, 0.15) is 0 Å². The number of nitrogens with zero attached hydrogens (tertiary/aromatic N) is 2. The van der Waals surface area contributed by atoms with Crippen LogP contribution < -0.4 is 4.23 Å². The Kier molecular flexibility index (Phi) is 2.55. The SMILES string of the molecule is C[Si](C)(C)n1cc[n+]([Si](C)(C)C)c1. The monoisotopic (exact) mass is 213 g/mol. The fourth-order valence-electron chi connectivity index (χ4n) is 1.15. The second-order valence-corrected chi connectivity index (χ2v) is 15.3. The summed E-state index contributed by atoms with van der Waals surface area (Å²) in [7, 11) is -2.35. The predicted octanol–water partition coefficient (Wildman–Crippen LogP) is 2.14. The maximum Gasteiger partial charge on any atom is 0.257 e. The van der Waals surface area contributed by atoms with Crippen molar-refractivity contribution in [2.45, 2.75) is 39.3 Å². The van der Waals surface area contributed by atoms with Gasteiger partial charge in [0, 0.05) is 0 Å². The first-order valence-corrected chi connectivity index (χ1v) is 11.7. The largest absolute Gasteiger partial charge is 0.289 e. The molecule has 0 N–H and O–H groups in total. The molecular weight excluding hydrogens is 192 g/mol. The Hall–Kier alpha value is -0.356. The molecule has 13 heavy (non-hydrogen) atoms. The third kappa shape index (κ3) is 2.54. The minimum absolute atomic E-state index is 1.17. The summed E-state index contributed by atoms with van der Waals surface area (Å²) < 4.78 is 4.82. The lowest BCUT2D eigenvalue weighted by molar-refractivity contribution is -0.544. The van der Waals surface area contributed by atoms with Crippen molar-refractivity contribution in [2.24, 2.45) is 0 Å². The summed E-state index contributed by atoms with van der Waals surface area (Å²) in [6.45, 7) is 14.2. The van der Waals surface area contributed by atoms with Gasteiger partial charge in [0.05, 0.1) is 0 Å². The zero-order chi connectivity index (χ0) is 10.3. The van der Waals surface area contributed by atoms with Gasteiger partial charge in [-0.2, -0.15) is 0 Å². The van der Waals surface area contributed by atoms with Gasteiger partial charge in [-0.3, -0.25) is 8.47 Å². The van der Waals surface area contributed by atoms with Crippen LogP contribution in [-0.2, 0) is 0 Å². The highest BCUT2D eigenvalue weighted by Crippen LogP contribution is 2.05. The molecule has 0 spiro atoms. The molecule has 0 aliphatic carbocycles. The smallest absolute Gasteiger partial charge is 0.257 e. The van der Waals surface area contributed by atoms with Gasteiger partial charge in [-0.05, 0) is 39.3 Å². The predicted molar refractivity (Wildman–Crippen MR) is 62.1 cm³/mol. The average Bonchev–Trinajstić information content (AvgIpc) is 2.28. The van der Waals surface area contributed by atoms with Gasteiger partial charge in [-0.25, -0.2) is 0 Å². The van der Waals surface area contributed by atoms with Gasteiger partial charge in [0.1, 0.15) is 12.4 Å². The Morgan fingerprint density at radius 3 is 1.77 bits per heavy atom. The molecule has 1 rings (SSSR count). The number of hydrogen-bond acceptors (Lipinski definition) is 0. The van der Waals surface area contributed by atoms with Crippen molar-refractivity contribution in [1.82, 2.24) is 4.23 Å². The fraction of sp³-hybridized carbons (Fsp3) is 0.667. The van der Waals surface area contributed by atoms with Gasteiger partial charge in [0.15, 0.2) is 0 Å². The maximum absolute atomic E-state index is 2.41. The van der Waals surface area contributed by atoms with Crippen LogP contribution in [0.15, 0.2) is 18.7 Å². The second kappa shape index (κ2) is 3.10. The molecule has 0 bridgehead atoms. The van der Waals surface area contributed by atoms with Crippen molar-refractivity contribution in [3.8, 4) is 0 Å². The van der Waals surface area contributed by atoms with Gasteiger partial charge in [0.2, 0.25) is 6.33 Å². The van der Waals surface area contributed by atoms with Gasteiger partial charge < -0.3 is 0 Å². The second-order valence-electron chi connectivity index (χ2n) is 5.57. The van der Waals surface area contributed by atoms with Crippen molar-refractivity contribution in [1.29, 1.82) is 0 Å². The minimum atomic E-state index is -1.17. The normalized spacial score (nSPS) is 13.4. The molecule has 0 unspecified atom stereocenters. The van der Waals surface area contributed by atoms with E-state index < -0.39 is 16.5 Å². The standard InChI is InChI=1S/C9H21N2Si2/c1-12(2,3)10-7-8-11(9-10)13(4,5)6/h7-9H,1-6H3/q+1. The van der Waals surface area contributed by atoms with Gasteiger partial charge >= 0.3 is 0 Å². The third-order valence-electron chi connectivity index (χ3n) is 2.19. The summed E-state index contributed by atoms with van der Waals surface area (Å²) in [5.41, 5.74) is 0. The van der Waals surface area contributed by atoms with Crippen molar-refractivity contribution in [3.05, 3.63) is 18.7 Å². The molecule has 4 heteroatoms. The maximum atomic E-state index is 2.41. The zero-order valence-corrected chi connectivity index (χ0v) is 11.6. The lowest BCUT2D eigenvalue weighted by Gasteiger charge is -2.13. The average molecular weight is 213 g/mol. The molecule has 0 amide bonds. The summed E-state index contributed by atoms with van der Waals surface area (Å²) in [4.78, 5) is 0. The topological polar surface area (TPSA) is 8.81 Å². The Bertz CT molecular complexity index is 263. The van der Waals surface area contributed by atoms with E-state index in [1.807, 2.05) is 0 Å². The molecule has 0 fully saturated rings. The molecule has 1 heterocycles. The summed E-state index contributed by atoms with van der Waals surface area (Å²) >= 11 is 0. The highest BCUT2D eigenvalue weighted by atomic mass is 28.3. The van der Waals surface area contributed by atoms with E-state index in [0.717, 1.165) is 0 Å². The van der Waals surface area contributed by atoms with Crippen LogP contribution in [0.25, 0.3) is 0 Å². The first-order chi connectivity index (χ1) is 5.71. The van der Waals surface area contributed by atoms with Crippen molar-refractivity contribution >= 4 is 16.5 Å². The fourth-order valence-corrected chi connectivity index (χ4v) is 3.23. The molecule has 0 atom stereocenters. The Labute approximate surface area is 83.4 Å². The van der Waals surface area contributed by atoms with Crippen molar-refractivity contribution in [3.63, 3.8) is 0 Å². The molecule has 0 saturated heterocycles.